The normalized spacial score (nSPS) is 14.9. The zero-order valence-corrected chi connectivity index (χ0v) is 14.7. The van der Waals surface area contributed by atoms with Gasteiger partial charge in [0.1, 0.15) is 12.4 Å². The lowest BCUT2D eigenvalue weighted by atomic mass is 9.95. The second-order valence-electron chi connectivity index (χ2n) is 6.16. The molecule has 1 aliphatic rings. The average Bonchev–Trinajstić information content (AvgIpc) is 2.92. The van der Waals surface area contributed by atoms with E-state index < -0.39 is 5.97 Å². The summed E-state index contributed by atoms with van der Waals surface area (Å²) in [5.74, 6) is 0.00231. The fraction of sp³-hybridized carbons (Fsp3) is 0.316. The predicted octanol–water partition coefficient (Wildman–Crippen LogP) is 3.65. The number of ether oxygens (including phenoxy) is 1. The van der Waals surface area contributed by atoms with E-state index in [1.807, 2.05) is 18.2 Å². The van der Waals surface area contributed by atoms with E-state index in [0.29, 0.717) is 6.61 Å². The van der Waals surface area contributed by atoms with E-state index in [1.165, 1.54) is 10.4 Å². The molecule has 0 saturated carbocycles. The molecule has 2 heterocycles. The van der Waals surface area contributed by atoms with Crippen molar-refractivity contribution in [3.05, 3.63) is 57.3 Å². The topological polar surface area (TPSA) is 49.8 Å². The minimum Gasteiger partial charge on any atom is -0.487 e. The summed E-state index contributed by atoms with van der Waals surface area (Å²) < 4.78 is 5.96. The lowest BCUT2D eigenvalue weighted by Crippen LogP contribution is -2.12. The molecule has 2 aromatic rings. The van der Waals surface area contributed by atoms with Crippen LogP contribution in [0.1, 0.15) is 28.0 Å². The number of hydrogen-bond acceptors (Lipinski definition) is 4. The van der Waals surface area contributed by atoms with Crippen LogP contribution in [0.15, 0.2) is 35.7 Å². The second-order valence-corrected chi connectivity index (χ2v) is 7.16. The zero-order chi connectivity index (χ0) is 17.1. The van der Waals surface area contributed by atoms with Gasteiger partial charge in [-0.3, -0.25) is 4.79 Å². The molecule has 0 radical (unpaired) electrons. The van der Waals surface area contributed by atoms with Crippen molar-refractivity contribution in [3.8, 4) is 5.75 Å². The van der Waals surface area contributed by atoms with Gasteiger partial charge in [-0.05, 0) is 60.8 Å². The fourth-order valence-corrected chi connectivity index (χ4v) is 3.67. The quantitative estimate of drug-likeness (QED) is 0.900. The maximum absolute atomic E-state index is 11.0. The van der Waals surface area contributed by atoms with Crippen LogP contribution in [0.25, 0.3) is 5.57 Å². The van der Waals surface area contributed by atoms with Crippen molar-refractivity contribution in [2.24, 2.45) is 0 Å². The molecule has 0 atom stereocenters. The Kier molecular flexibility index (Phi) is 5.02. The number of carboxylic acid groups (broad SMARTS) is 1. The number of carboxylic acids is 1. The van der Waals surface area contributed by atoms with Crippen molar-refractivity contribution in [2.45, 2.75) is 19.4 Å². The van der Waals surface area contributed by atoms with Gasteiger partial charge in [-0.15, -0.1) is 11.3 Å². The molecule has 1 N–H and O–H groups in total. The Balaban J connectivity index is 2.04. The highest BCUT2D eigenvalue weighted by molar-refractivity contribution is 7.10. The van der Waals surface area contributed by atoms with Crippen LogP contribution in [-0.2, 0) is 17.8 Å². The molecule has 0 bridgehead atoms. The van der Waals surface area contributed by atoms with E-state index >= 15 is 0 Å². The standard InChI is InChI=1S/C19H21NO3S/c1-20(2)8-3-4-14-15-7-9-24-18(15)12-23-17-6-5-13(10-16(14)17)11-19(21)22/h4-7,9-10H,3,8,11-12H2,1-2H3,(H,21,22)/b14-4+. The largest absolute Gasteiger partial charge is 0.487 e. The summed E-state index contributed by atoms with van der Waals surface area (Å²) in [6.45, 7) is 1.53. The van der Waals surface area contributed by atoms with Crippen LogP contribution < -0.4 is 4.74 Å². The van der Waals surface area contributed by atoms with Gasteiger partial charge in [-0.1, -0.05) is 12.1 Å². The number of nitrogens with zero attached hydrogens (tertiary/aromatic N) is 1. The second kappa shape index (κ2) is 7.20. The first-order chi connectivity index (χ1) is 11.5. The Morgan fingerprint density at radius 2 is 2.17 bits per heavy atom. The Morgan fingerprint density at radius 1 is 1.33 bits per heavy atom. The van der Waals surface area contributed by atoms with Crippen LogP contribution in [0, 0.1) is 0 Å². The van der Waals surface area contributed by atoms with E-state index in [9.17, 15) is 4.79 Å². The molecular weight excluding hydrogens is 322 g/mol. The lowest BCUT2D eigenvalue weighted by molar-refractivity contribution is -0.136. The molecule has 126 valence electrons. The first-order valence-electron chi connectivity index (χ1n) is 7.94. The van der Waals surface area contributed by atoms with Gasteiger partial charge < -0.3 is 14.7 Å². The van der Waals surface area contributed by atoms with Crippen LogP contribution in [0.3, 0.4) is 0 Å². The third-order valence-electron chi connectivity index (χ3n) is 4.01. The first-order valence-corrected chi connectivity index (χ1v) is 8.82. The van der Waals surface area contributed by atoms with Gasteiger partial charge in [0, 0.05) is 17.0 Å². The SMILES string of the molecule is CN(C)CC/C=C1/c2cc(CC(=O)O)ccc2OCc2sccc21. The van der Waals surface area contributed by atoms with E-state index in [2.05, 4.69) is 36.5 Å². The number of aliphatic carboxylic acids is 1. The lowest BCUT2D eigenvalue weighted by Gasteiger charge is -2.12. The molecular formula is C19H21NO3S. The van der Waals surface area contributed by atoms with E-state index in [-0.39, 0.29) is 6.42 Å². The number of carbonyl (C=O) groups is 1. The van der Waals surface area contributed by atoms with Gasteiger partial charge in [-0.2, -0.15) is 0 Å². The van der Waals surface area contributed by atoms with Crippen molar-refractivity contribution in [1.29, 1.82) is 0 Å². The fourth-order valence-electron chi connectivity index (χ4n) is 2.87. The molecule has 5 heteroatoms. The molecule has 1 aliphatic heterocycles. The highest BCUT2D eigenvalue weighted by Gasteiger charge is 2.20. The van der Waals surface area contributed by atoms with Gasteiger partial charge in [0.15, 0.2) is 0 Å². The summed E-state index contributed by atoms with van der Waals surface area (Å²) in [4.78, 5) is 14.4. The third kappa shape index (κ3) is 3.68. The predicted molar refractivity (Wildman–Crippen MR) is 96.7 cm³/mol. The van der Waals surface area contributed by atoms with Crippen LogP contribution in [-0.4, -0.2) is 36.6 Å². The molecule has 1 aromatic heterocycles. The van der Waals surface area contributed by atoms with Gasteiger partial charge in [0.25, 0.3) is 0 Å². The minimum absolute atomic E-state index is 0.0226. The van der Waals surface area contributed by atoms with Gasteiger partial charge in [0.2, 0.25) is 0 Å². The molecule has 0 aliphatic carbocycles. The number of fused-ring (bicyclic) bond motifs is 2. The van der Waals surface area contributed by atoms with Crippen molar-refractivity contribution in [3.63, 3.8) is 0 Å². The molecule has 0 saturated heterocycles. The number of hydrogen-bond donors (Lipinski definition) is 1. The maximum Gasteiger partial charge on any atom is 0.307 e. The van der Waals surface area contributed by atoms with E-state index in [0.717, 1.165) is 35.4 Å². The molecule has 24 heavy (non-hydrogen) atoms. The van der Waals surface area contributed by atoms with Crippen molar-refractivity contribution < 1.29 is 14.6 Å². The number of thiophene rings is 1. The molecule has 0 spiro atoms. The molecule has 0 amide bonds. The minimum atomic E-state index is -0.821. The number of benzene rings is 1. The smallest absolute Gasteiger partial charge is 0.307 e. The summed E-state index contributed by atoms with van der Waals surface area (Å²) in [5.41, 5.74) is 4.13. The Morgan fingerprint density at radius 3 is 2.92 bits per heavy atom. The van der Waals surface area contributed by atoms with Crippen LogP contribution in [0.5, 0.6) is 5.75 Å². The number of rotatable bonds is 5. The van der Waals surface area contributed by atoms with Gasteiger partial charge in [0.05, 0.1) is 6.42 Å². The van der Waals surface area contributed by atoms with E-state index in [1.54, 1.807) is 11.3 Å². The summed E-state index contributed by atoms with van der Waals surface area (Å²) in [6, 6.07) is 7.81. The maximum atomic E-state index is 11.0. The molecule has 0 fully saturated rings. The average molecular weight is 343 g/mol. The van der Waals surface area contributed by atoms with Crippen molar-refractivity contribution in [1.82, 2.24) is 4.90 Å². The van der Waals surface area contributed by atoms with Gasteiger partial charge in [-0.25, -0.2) is 0 Å². The summed E-state index contributed by atoms with van der Waals surface area (Å²) in [5, 5.41) is 11.2. The zero-order valence-electron chi connectivity index (χ0n) is 13.9. The van der Waals surface area contributed by atoms with Crippen LogP contribution in [0.2, 0.25) is 0 Å². The Hall–Kier alpha value is -2.11. The molecule has 0 unspecified atom stereocenters. The highest BCUT2D eigenvalue weighted by atomic mass is 32.1. The van der Waals surface area contributed by atoms with Gasteiger partial charge >= 0.3 is 5.97 Å². The Bertz CT molecular complexity index is 777. The summed E-state index contributed by atoms with van der Waals surface area (Å²) in [7, 11) is 4.12. The third-order valence-corrected chi connectivity index (χ3v) is 4.90. The van der Waals surface area contributed by atoms with Crippen LogP contribution in [0.4, 0.5) is 0 Å². The molecule has 3 rings (SSSR count). The molecule has 4 nitrogen and oxygen atoms in total. The summed E-state index contributed by atoms with van der Waals surface area (Å²) >= 11 is 1.70. The van der Waals surface area contributed by atoms with Crippen molar-refractivity contribution >= 4 is 22.9 Å². The first kappa shape index (κ1) is 16.7. The monoisotopic (exact) mass is 343 g/mol. The van der Waals surface area contributed by atoms with Crippen LogP contribution >= 0.6 is 11.3 Å². The molecule has 1 aromatic carbocycles. The highest BCUT2D eigenvalue weighted by Crippen LogP contribution is 2.39. The van der Waals surface area contributed by atoms with E-state index in [4.69, 9.17) is 9.84 Å². The summed E-state index contributed by atoms with van der Waals surface area (Å²) in [6.07, 6.45) is 3.19. The Labute approximate surface area is 146 Å². The van der Waals surface area contributed by atoms with Crippen molar-refractivity contribution in [2.75, 3.05) is 20.6 Å².